The van der Waals surface area contributed by atoms with Gasteiger partial charge in [0.2, 0.25) is 0 Å². The van der Waals surface area contributed by atoms with Crippen molar-refractivity contribution in [2.24, 2.45) is 0 Å². The predicted molar refractivity (Wildman–Crippen MR) is 52.3 cm³/mol. The van der Waals surface area contributed by atoms with Crippen LogP contribution in [0.15, 0.2) is 37.1 Å². The maximum Gasteiger partial charge on any atom is 0.189 e. The van der Waals surface area contributed by atoms with Crippen LogP contribution in [-0.4, -0.2) is 27.1 Å². The van der Waals surface area contributed by atoms with Crippen molar-refractivity contribution in [2.75, 3.05) is 27.1 Å². The molecule has 0 aliphatic rings. The molecule has 0 aliphatic carbocycles. The Bertz CT molecular complexity index is 173. The van der Waals surface area contributed by atoms with Crippen molar-refractivity contribution in [3.63, 3.8) is 0 Å². The van der Waals surface area contributed by atoms with Gasteiger partial charge in [-0.25, -0.2) is 0 Å². The number of rotatable bonds is 8. The molecule has 0 saturated heterocycles. The van der Waals surface area contributed by atoms with E-state index < -0.39 is 0 Å². The van der Waals surface area contributed by atoms with Gasteiger partial charge in [-0.05, 0) is 6.08 Å². The minimum absolute atomic E-state index is 0.198. The molecule has 74 valence electrons. The number of hydrogen-bond acceptors (Lipinski definition) is 3. The number of hydrogen-bond donors (Lipinski definition) is 0. The van der Waals surface area contributed by atoms with Crippen LogP contribution in [0.3, 0.4) is 0 Å². The van der Waals surface area contributed by atoms with Gasteiger partial charge in [-0.15, -0.1) is 0 Å². The van der Waals surface area contributed by atoms with Gasteiger partial charge in [0.05, 0.1) is 13.2 Å². The third-order valence-electron chi connectivity index (χ3n) is 1.18. The molecule has 0 heterocycles. The number of methoxy groups -OCH3 is 1. The first-order valence-corrected chi connectivity index (χ1v) is 3.98. The lowest BCUT2D eigenvalue weighted by Crippen LogP contribution is -2.04. The van der Waals surface area contributed by atoms with E-state index in [0.29, 0.717) is 19.0 Å². The lowest BCUT2D eigenvalue weighted by Gasteiger charge is -2.05. The van der Waals surface area contributed by atoms with Gasteiger partial charge in [-0.1, -0.05) is 25.3 Å². The highest BCUT2D eigenvalue weighted by atomic mass is 16.7. The van der Waals surface area contributed by atoms with Crippen LogP contribution in [0.1, 0.15) is 0 Å². The molecule has 0 amide bonds. The summed E-state index contributed by atoms with van der Waals surface area (Å²) in [6.07, 6.45) is 5.12. The summed E-state index contributed by atoms with van der Waals surface area (Å²) in [5, 5.41) is 0. The van der Waals surface area contributed by atoms with Gasteiger partial charge < -0.3 is 14.2 Å². The van der Waals surface area contributed by atoms with Gasteiger partial charge >= 0.3 is 0 Å². The van der Waals surface area contributed by atoms with Gasteiger partial charge in [0.15, 0.2) is 6.79 Å². The van der Waals surface area contributed by atoms with Crippen molar-refractivity contribution >= 4 is 0 Å². The molecule has 0 saturated carbocycles. The van der Waals surface area contributed by atoms with Crippen LogP contribution in [-0.2, 0) is 14.2 Å². The fourth-order valence-electron chi connectivity index (χ4n) is 0.542. The molecule has 0 aromatic carbocycles. The molecule has 0 bridgehead atoms. The van der Waals surface area contributed by atoms with E-state index in [1.54, 1.807) is 25.3 Å². The van der Waals surface area contributed by atoms with Crippen LogP contribution >= 0.6 is 0 Å². The van der Waals surface area contributed by atoms with Crippen molar-refractivity contribution < 1.29 is 14.2 Å². The molecular formula is C10H16O3. The first kappa shape index (κ1) is 11.9. The van der Waals surface area contributed by atoms with Crippen LogP contribution < -0.4 is 0 Å². The number of ether oxygens (including phenoxy) is 3. The highest BCUT2D eigenvalue weighted by Crippen LogP contribution is 1.95. The maximum atomic E-state index is 5.08. The van der Waals surface area contributed by atoms with E-state index in [4.69, 9.17) is 14.2 Å². The molecule has 0 aromatic rings. The second kappa shape index (κ2) is 9.03. The summed E-state index contributed by atoms with van der Waals surface area (Å²) in [7, 11) is 1.62. The Labute approximate surface area is 79.3 Å². The van der Waals surface area contributed by atoms with Crippen molar-refractivity contribution in [1.82, 2.24) is 0 Å². The first-order valence-electron chi connectivity index (χ1n) is 3.98. The molecule has 0 radical (unpaired) electrons. The molecule has 0 spiro atoms. The molecule has 0 rings (SSSR count). The second-order valence-corrected chi connectivity index (χ2v) is 2.22. The van der Waals surface area contributed by atoms with Gasteiger partial charge in [-0.2, -0.15) is 0 Å². The average Bonchev–Trinajstić information content (AvgIpc) is 2.14. The van der Waals surface area contributed by atoms with Gasteiger partial charge in [-0.3, -0.25) is 0 Å². The average molecular weight is 184 g/mol. The zero-order chi connectivity index (χ0) is 9.94. The Balaban J connectivity index is 3.26. The third-order valence-corrected chi connectivity index (χ3v) is 1.18. The zero-order valence-electron chi connectivity index (χ0n) is 7.99. The largest absolute Gasteiger partial charge is 0.468 e. The van der Waals surface area contributed by atoms with Crippen LogP contribution in [0.5, 0.6) is 0 Å². The molecule has 0 aromatic heterocycles. The second-order valence-electron chi connectivity index (χ2n) is 2.22. The molecule has 0 aliphatic heterocycles. The van der Waals surface area contributed by atoms with Crippen LogP contribution in [0.2, 0.25) is 0 Å². The smallest absolute Gasteiger partial charge is 0.189 e. The monoisotopic (exact) mass is 184 g/mol. The minimum atomic E-state index is 0.198. The van der Waals surface area contributed by atoms with E-state index >= 15 is 0 Å². The number of allylic oxidation sites excluding steroid dienone is 3. The van der Waals surface area contributed by atoms with E-state index in [2.05, 4.69) is 13.2 Å². The lowest BCUT2D eigenvalue weighted by molar-refractivity contribution is -0.0361. The molecule has 13 heavy (non-hydrogen) atoms. The summed E-state index contributed by atoms with van der Waals surface area (Å²) in [5.74, 6) is 0.553. The highest BCUT2D eigenvalue weighted by molar-refractivity contribution is 5.12. The molecule has 0 fully saturated rings. The molecule has 3 nitrogen and oxygen atoms in total. The molecule has 0 unspecified atom stereocenters. The Morgan fingerprint density at radius 3 is 2.77 bits per heavy atom. The van der Waals surface area contributed by atoms with Gasteiger partial charge in [0, 0.05) is 7.11 Å². The summed E-state index contributed by atoms with van der Waals surface area (Å²) in [4.78, 5) is 0. The Kier molecular flexibility index (Phi) is 8.30. The van der Waals surface area contributed by atoms with Crippen LogP contribution in [0.25, 0.3) is 0 Å². The van der Waals surface area contributed by atoms with E-state index in [1.807, 2.05) is 0 Å². The van der Waals surface area contributed by atoms with Crippen LogP contribution in [0, 0.1) is 0 Å². The Morgan fingerprint density at radius 1 is 1.38 bits per heavy atom. The van der Waals surface area contributed by atoms with Crippen LogP contribution in [0.4, 0.5) is 0 Å². The van der Waals surface area contributed by atoms with Gasteiger partial charge in [0.1, 0.15) is 5.76 Å². The fourth-order valence-corrected chi connectivity index (χ4v) is 0.542. The topological polar surface area (TPSA) is 27.7 Å². The van der Waals surface area contributed by atoms with E-state index in [1.165, 1.54) is 0 Å². The molecule has 0 atom stereocenters. The van der Waals surface area contributed by atoms with Crippen molar-refractivity contribution in [2.45, 2.75) is 0 Å². The van der Waals surface area contributed by atoms with E-state index in [9.17, 15) is 0 Å². The van der Waals surface area contributed by atoms with E-state index in [0.717, 1.165) is 0 Å². The summed E-state index contributed by atoms with van der Waals surface area (Å²) >= 11 is 0. The van der Waals surface area contributed by atoms with Crippen molar-refractivity contribution in [3.05, 3.63) is 37.1 Å². The molecular weight excluding hydrogens is 168 g/mol. The standard InChI is InChI=1S/C10H16O3/c1-4-5-6-10(2)13-9-12-8-7-11-3/h4-6H,1-2,7-9H2,3H3. The summed E-state index contributed by atoms with van der Waals surface area (Å²) in [6.45, 7) is 8.45. The van der Waals surface area contributed by atoms with Gasteiger partial charge in [0.25, 0.3) is 0 Å². The summed E-state index contributed by atoms with van der Waals surface area (Å²) in [5.41, 5.74) is 0. The Hall–Kier alpha value is -1.06. The highest BCUT2D eigenvalue weighted by Gasteiger charge is 1.88. The maximum absolute atomic E-state index is 5.08. The van der Waals surface area contributed by atoms with Crippen molar-refractivity contribution in [1.29, 1.82) is 0 Å². The first-order chi connectivity index (χ1) is 6.31. The molecule has 3 heteroatoms. The predicted octanol–water partition coefficient (Wildman–Crippen LogP) is 1.88. The zero-order valence-corrected chi connectivity index (χ0v) is 7.99. The fraction of sp³-hybridized carbons (Fsp3) is 0.400. The Morgan fingerprint density at radius 2 is 2.15 bits per heavy atom. The molecule has 0 N–H and O–H groups in total. The normalized spacial score (nSPS) is 10.2. The quantitative estimate of drug-likeness (QED) is 0.249. The summed E-state index contributed by atoms with van der Waals surface area (Å²) in [6, 6.07) is 0. The van der Waals surface area contributed by atoms with Crippen molar-refractivity contribution in [3.8, 4) is 0 Å². The minimum Gasteiger partial charge on any atom is -0.468 e. The van der Waals surface area contributed by atoms with E-state index in [-0.39, 0.29) is 6.79 Å². The third kappa shape index (κ3) is 8.85. The lowest BCUT2D eigenvalue weighted by atomic mass is 10.4. The SMILES string of the molecule is C=CC=CC(=C)OCOCCOC. The summed E-state index contributed by atoms with van der Waals surface area (Å²) < 4.78 is 14.9.